The molecule has 0 bridgehead atoms. The lowest BCUT2D eigenvalue weighted by atomic mass is 10.2. The van der Waals surface area contributed by atoms with Gasteiger partial charge in [-0.15, -0.1) is 24.0 Å². The van der Waals surface area contributed by atoms with Crippen LogP contribution in [0, 0.1) is 0 Å². The van der Waals surface area contributed by atoms with E-state index in [-0.39, 0.29) is 29.9 Å². The number of anilines is 1. The summed E-state index contributed by atoms with van der Waals surface area (Å²) in [7, 11) is 1.74. The summed E-state index contributed by atoms with van der Waals surface area (Å²) in [6.45, 7) is 6.43. The zero-order valence-electron chi connectivity index (χ0n) is 14.0. The number of carbonyl (C=O) groups is 1. The van der Waals surface area contributed by atoms with Gasteiger partial charge in [0.15, 0.2) is 5.96 Å². The summed E-state index contributed by atoms with van der Waals surface area (Å²) in [4.78, 5) is 15.2. The standard InChI is InChI=1S/C16H26N4O2.HI/c1-4-22-10-6-9-18-16(17-3)19-12-14-7-5-8-15(11-14)20-13(2)21;/h5,7-8,11H,4,6,9-10,12H2,1-3H3,(H,20,21)(H2,17,18,19);1H. The van der Waals surface area contributed by atoms with E-state index in [1.165, 1.54) is 6.92 Å². The fraction of sp³-hybridized carbons (Fsp3) is 0.500. The maximum absolute atomic E-state index is 11.1. The van der Waals surface area contributed by atoms with Gasteiger partial charge in [0, 0.05) is 46.0 Å². The first-order valence-corrected chi connectivity index (χ1v) is 7.54. The molecule has 0 aliphatic carbocycles. The lowest BCUT2D eigenvalue weighted by Crippen LogP contribution is -2.37. The Bertz CT molecular complexity index is 495. The van der Waals surface area contributed by atoms with Gasteiger partial charge in [0.1, 0.15) is 0 Å². The highest BCUT2D eigenvalue weighted by Gasteiger charge is 2.00. The number of rotatable bonds is 8. The van der Waals surface area contributed by atoms with Crippen molar-refractivity contribution >= 4 is 41.5 Å². The molecule has 1 aromatic carbocycles. The lowest BCUT2D eigenvalue weighted by Gasteiger charge is -2.12. The first-order chi connectivity index (χ1) is 10.7. The molecule has 0 saturated heterocycles. The normalized spacial score (nSPS) is 10.7. The number of hydrogen-bond acceptors (Lipinski definition) is 3. The third-order valence-corrected chi connectivity index (χ3v) is 2.89. The second-order valence-electron chi connectivity index (χ2n) is 4.78. The van der Waals surface area contributed by atoms with Crippen LogP contribution >= 0.6 is 24.0 Å². The Kier molecular flexibility index (Phi) is 12.4. The average Bonchev–Trinajstić information content (AvgIpc) is 2.50. The Hall–Kier alpha value is -1.35. The minimum absolute atomic E-state index is 0. The summed E-state index contributed by atoms with van der Waals surface area (Å²) < 4.78 is 5.29. The second kappa shape index (κ2) is 13.1. The second-order valence-corrected chi connectivity index (χ2v) is 4.78. The number of nitrogens with zero attached hydrogens (tertiary/aromatic N) is 1. The van der Waals surface area contributed by atoms with Crippen molar-refractivity contribution in [3.05, 3.63) is 29.8 Å². The summed E-state index contributed by atoms with van der Waals surface area (Å²) in [6.07, 6.45) is 0.937. The summed E-state index contributed by atoms with van der Waals surface area (Å²) in [5.74, 6) is 0.679. The van der Waals surface area contributed by atoms with Gasteiger partial charge in [-0.3, -0.25) is 9.79 Å². The smallest absolute Gasteiger partial charge is 0.221 e. The molecule has 0 atom stereocenters. The quantitative estimate of drug-likeness (QED) is 0.254. The molecule has 23 heavy (non-hydrogen) atoms. The molecule has 3 N–H and O–H groups in total. The van der Waals surface area contributed by atoms with Crippen LogP contribution in [0.2, 0.25) is 0 Å². The van der Waals surface area contributed by atoms with Gasteiger partial charge in [-0.25, -0.2) is 0 Å². The molecule has 0 spiro atoms. The summed E-state index contributed by atoms with van der Waals surface area (Å²) in [6, 6.07) is 7.73. The van der Waals surface area contributed by atoms with Crippen molar-refractivity contribution in [3.63, 3.8) is 0 Å². The molecule has 0 radical (unpaired) electrons. The van der Waals surface area contributed by atoms with E-state index in [0.29, 0.717) is 6.54 Å². The Morgan fingerprint density at radius 3 is 2.74 bits per heavy atom. The van der Waals surface area contributed by atoms with Crippen molar-refractivity contribution in [3.8, 4) is 0 Å². The minimum Gasteiger partial charge on any atom is -0.382 e. The molecule has 0 aliphatic rings. The van der Waals surface area contributed by atoms with Gasteiger partial charge in [-0.2, -0.15) is 0 Å². The molecule has 0 aliphatic heterocycles. The van der Waals surface area contributed by atoms with Crippen LogP contribution in [-0.2, 0) is 16.1 Å². The number of ether oxygens (including phenoxy) is 1. The third-order valence-electron chi connectivity index (χ3n) is 2.89. The van der Waals surface area contributed by atoms with E-state index in [4.69, 9.17) is 4.74 Å². The van der Waals surface area contributed by atoms with Crippen molar-refractivity contribution in [2.45, 2.75) is 26.8 Å². The van der Waals surface area contributed by atoms with Crippen LogP contribution in [0.15, 0.2) is 29.3 Å². The lowest BCUT2D eigenvalue weighted by molar-refractivity contribution is -0.114. The Labute approximate surface area is 155 Å². The van der Waals surface area contributed by atoms with Gasteiger partial charge >= 0.3 is 0 Å². The van der Waals surface area contributed by atoms with Crippen molar-refractivity contribution in [1.82, 2.24) is 10.6 Å². The fourth-order valence-corrected chi connectivity index (χ4v) is 1.89. The predicted octanol–water partition coefficient (Wildman–Crippen LogP) is 2.35. The molecule has 130 valence electrons. The highest BCUT2D eigenvalue weighted by molar-refractivity contribution is 14.0. The van der Waals surface area contributed by atoms with Crippen molar-refractivity contribution in [1.29, 1.82) is 0 Å². The molecule has 6 nitrogen and oxygen atoms in total. The maximum Gasteiger partial charge on any atom is 0.221 e. The molecule has 0 fully saturated rings. The van der Waals surface area contributed by atoms with E-state index in [1.54, 1.807) is 7.05 Å². The zero-order valence-corrected chi connectivity index (χ0v) is 16.3. The fourth-order valence-electron chi connectivity index (χ4n) is 1.89. The van der Waals surface area contributed by atoms with Gasteiger partial charge in [0.2, 0.25) is 5.91 Å². The monoisotopic (exact) mass is 434 g/mol. The van der Waals surface area contributed by atoms with Crippen molar-refractivity contribution in [2.24, 2.45) is 4.99 Å². The Balaban J connectivity index is 0.00000484. The zero-order chi connectivity index (χ0) is 16.2. The van der Waals surface area contributed by atoms with Crippen molar-refractivity contribution in [2.75, 3.05) is 32.1 Å². The van der Waals surface area contributed by atoms with E-state index >= 15 is 0 Å². The van der Waals surface area contributed by atoms with Crippen LogP contribution in [-0.4, -0.2) is 38.7 Å². The molecular weight excluding hydrogens is 407 g/mol. The predicted molar refractivity (Wildman–Crippen MR) is 105 cm³/mol. The van der Waals surface area contributed by atoms with Crippen molar-refractivity contribution < 1.29 is 9.53 Å². The van der Waals surface area contributed by atoms with Gasteiger partial charge in [0.05, 0.1) is 0 Å². The van der Waals surface area contributed by atoms with E-state index < -0.39 is 0 Å². The van der Waals surface area contributed by atoms with E-state index in [0.717, 1.165) is 43.4 Å². The van der Waals surface area contributed by atoms with Gasteiger partial charge in [0.25, 0.3) is 0 Å². The average molecular weight is 434 g/mol. The van der Waals surface area contributed by atoms with Gasteiger partial charge < -0.3 is 20.7 Å². The molecule has 0 saturated carbocycles. The molecular formula is C16H27IN4O2. The number of nitrogens with one attached hydrogen (secondary N) is 3. The molecule has 1 amide bonds. The third kappa shape index (κ3) is 10.1. The van der Waals surface area contributed by atoms with E-state index in [9.17, 15) is 4.79 Å². The van der Waals surface area contributed by atoms with Crippen LogP contribution in [0.4, 0.5) is 5.69 Å². The summed E-state index contributed by atoms with van der Waals surface area (Å²) >= 11 is 0. The van der Waals surface area contributed by atoms with Gasteiger partial charge in [-0.05, 0) is 31.0 Å². The molecule has 0 heterocycles. The first-order valence-electron chi connectivity index (χ1n) is 7.54. The highest BCUT2D eigenvalue weighted by atomic mass is 127. The van der Waals surface area contributed by atoms with Crippen LogP contribution < -0.4 is 16.0 Å². The largest absolute Gasteiger partial charge is 0.382 e. The number of hydrogen-bond donors (Lipinski definition) is 3. The molecule has 1 aromatic rings. The van der Waals surface area contributed by atoms with Crippen LogP contribution in [0.3, 0.4) is 0 Å². The number of benzene rings is 1. The van der Waals surface area contributed by atoms with Crippen LogP contribution in [0.1, 0.15) is 25.8 Å². The highest BCUT2D eigenvalue weighted by Crippen LogP contribution is 2.10. The topological polar surface area (TPSA) is 74.8 Å². The Morgan fingerprint density at radius 2 is 2.09 bits per heavy atom. The maximum atomic E-state index is 11.1. The number of aliphatic imine (C=N–C) groups is 1. The molecule has 0 unspecified atom stereocenters. The Morgan fingerprint density at radius 1 is 1.30 bits per heavy atom. The van der Waals surface area contributed by atoms with E-state index in [2.05, 4.69) is 20.9 Å². The van der Waals surface area contributed by atoms with Gasteiger partial charge in [-0.1, -0.05) is 12.1 Å². The number of guanidine groups is 1. The summed E-state index contributed by atoms with van der Waals surface area (Å²) in [5.41, 5.74) is 1.87. The minimum atomic E-state index is -0.0723. The first kappa shape index (κ1) is 21.6. The summed E-state index contributed by atoms with van der Waals surface area (Å²) in [5, 5.41) is 9.25. The van der Waals surface area contributed by atoms with Crippen LogP contribution in [0.25, 0.3) is 0 Å². The molecule has 1 rings (SSSR count). The number of halogens is 1. The van der Waals surface area contributed by atoms with Crippen LogP contribution in [0.5, 0.6) is 0 Å². The molecule has 0 aromatic heterocycles. The van der Waals surface area contributed by atoms with E-state index in [1.807, 2.05) is 31.2 Å². The SMILES string of the molecule is CCOCCCNC(=NC)NCc1cccc(NC(C)=O)c1.I. The molecule has 7 heteroatoms. The number of carbonyl (C=O) groups excluding carboxylic acids is 1. The number of amides is 1.